The Morgan fingerprint density at radius 3 is 2.44 bits per heavy atom. The van der Waals surface area contributed by atoms with Crippen LogP contribution in [0.15, 0.2) is 0 Å². The van der Waals surface area contributed by atoms with Crippen LogP contribution in [0.25, 0.3) is 0 Å². The van der Waals surface area contributed by atoms with Gasteiger partial charge in [-0.2, -0.15) is 0 Å². The Hall–Kier alpha value is -0.530. The second kappa shape index (κ2) is 6.93. The first-order valence-corrected chi connectivity index (χ1v) is 6.97. The van der Waals surface area contributed by atoms with Crippen LogP contribution in [0.5, 0.6) is 0 Å². The van der Waals surface area contributed by atoms with Crippen LogP contribution < -0.4 is 0 Å². The van der Waals surface area contributed by atoms with Crippen molar-refractivity contribution in [3.05, 3.63) is 0 Å². The molecule has 1 aliphatic rings. The standard InChI is InChI=1S/C14H27NO/c1-4-6-7-13(5-2)14(16)15-10-8-12(3)9-11-15/h12-13H,4-11H2,1-3H3. The third-order valence-corrected chi connectivity index (χ3v) is 3.84. The first kappa shape index (κ1) is 13.5. The molecular weight excluding hydrogens is 198 g/mol. The third kappa shape index (κ3) is 3.80. The molecule has 1 aliphatic heterocycles. The van der Waals surface area contributed by atoms with Crippen LogP contribution in [0.4, 0.5) is 0 Å². The first-order valence-electron chi connectivity index (χ1n) is 6.97. The molecule has 1 heterocycles. The fourth-order valence-electron chi connectivity index (χ4n) is 2.44. The molecule has 2 nitrogen and oxygen atoms in total. The van der Waals surface area contributed by atoms with Crippen LogP contribution >= 0.6 is 0 Å². The summed E-state index contributed by atoms with van der Waals surface area (Å²) in [4.78, 5) is 14.4. The molecule has 0 spiro atoms. The van der Waals surface area contributed by atoms with Crippen LogP contribution in [0.3, 0.4) is 0 Å². The Kier molecular flexibility index (Phi) is 5.86. The molecule has 0 radical (unpaired) electrons. The molecule has 0 aromatic rings. The van der Waals surface area contributed by atoms with Crippen molar-refractivity contribution in [2.75, 3.05) is 13.1 Å². The lowest BCUT2D eigenvalue weighted by Gasteiger charge is -2.33. The van der Waals surface area contributed by atoms with Gasteiger partial charge in [-0.3, -0.25) is 4.79 Å². The van der Waals surface area contributed by atoms with E-state index >= 15 is 0 Å². The molecule has 0 N–H and O–H groups in total. The molecule has 16 heavy (non-hydrogen) atoms. The van der Waals surface area contributed by atoms with Crippen LogP contribution in [-0.2, 0) is 4.79 Å². The molecule has 0 aromatic carbocycles. The number of piperidine rings is 1. The van der Waals surface area contributed by atoms with E-state index in [1.165, 1.54) is 25.7 Å². The average molecular weight is 225 g/mol. The van der Waals surface area contributed by atoms with Gasteiger partial charge in [0.2, 0.25) is 5.91 Å². The van der Waals surface area contributed by atoms with E-state index in [0.29, 0.717) is 5.91 Å². The van der Waals surface area contributed by atoms with E-state index in [9.17, 15) is 4.79 Å². The molecule has 94 valence electrons. The van der Waals surface area contributed by atoms with E-state index in [2.05, 4.69) is 25.7 Å². The maximum absolute atomic E-state index is 12.3. The summed E-state index contributed by atoms with van der Waals surface area (Å²) in [5.41, 5.74) is 0. The summed E-state index contributed by atoms with van der Waals surface area (Å²) in [5.74, 6) is 1.51. The highest BCUT2D eigenvalue weighted by Gasteiger charge is 2.25. The maximum atomic E-state index is 12.3. The van der Waals surface area contributed by atoms with Crippen molar-refractivity contribution in [2.45, 2.75) is 59.3 Å². The zero-order valence-electron chi connectivity index (χ0n) is 11.2. The fraction of sp³-hybridized carbons (Fsp3) is 0.929. The fourth-order valence-corrected chi connectivity index (χ4v) is 2.44. The second-order valence-electron chi connectivity index (χ2n) is 5.26. The number of nitrogens with zero attached hydrogens (tertiary/aromatic N) is 1. The molecule has 0 bridgehead atoms. The lowest BCUT2D eigenvalue weighted by Crippen LogP contribution is -2.41. The second-order valence-corrected chi connectivity index (χ2v) is 5.26. The number of carbonyl (C=O) groups excluding carboxylic acids is 1. The summed E-state index contributed by atoms with van der Waals surface area (Å²) >= 11 is 0. The van der Waals surface area contributed by atoms with Gasteiger partial charge in [0, 0.05) is 19.0 Å². The van der Waals surface area contributed by atoms with Crippen LogP contribution in [0, 0.1) is 11.8 Å². The van der Waals surface area contributed by atoms with Gasteiger partial charge in [0.15, 0.2) is 0 Å². The highest BCUT2D eigenvalue weighted by molar-refractivity contribution is 5.78. The van der Waals surface area contributed by atoms with Gasteiger partial charge in [0.05, 0.1) is 0 Å². The van der Waals surface area contributed by atoms with Gasteiger partial charge in [-0.05, 0) is 31.6 Å². The van der Waals surface area contributed by atoms with Crippen molar-refractivity contribution in [2.24, 2.45) is 11.8 Å². The largest absolute Gasteiger partial charge is 0.342 e. The van der Waals surface area contributed by atoms with E-state index in [-0.39, 0.29) is 5.92 Å². The molecule has 0 aromatic heterocycles. The van der Waals surface area contributed by atoms with E-state index in [1.807, 2.05) is 0 Å². The van der Waals surface area contributed by atoms with Crippen LogP contribution in [-0.4, -0.2) is 23.9 Å². The van der Waals surface area contributed by atoms with Gasteiger partial charge in [0.1, 0.15) is 0 Å². The maximum Gasteiger partial charge on any atom is 0.225 e. The predicted molar refractivity (Wildman–Crippen MR) is 68.3 cm³/mol. The summed E-state index contributed by atoms with van der Waals surface area (Å²) in [5, 5.41) is 0. The van der Waals surface area contributed by atoms with Gasteiger partial charge < -0.3 is 4.90 Å². The summed E-state index contributed by atoms with van der Waals surface area (Å²) < 4.78 is 0. The van der Waals surface area contributed by atoms with E-state index in [1.54, 1.807) is 0 Å². The quantitative estimate of drug-likeness (QED) is 0.701. The van der Waals surface area contributed by atoms with Gasteiger partial charge in [0.25, 0.3) is 0 Å². The monoisotopic (exact) mass is 225 g/mol. The van der Waals surface area contributed by atoms with Gasteiger partial charge >= 0.3 is 0 Å². The summed E-state index contributed by atoms with van der Waals surface area (Å²) in [6.07, 6.45) is 6.85. The molecule has 1 rings (SSSR count). The molecular formula is C14H27NO. The van der Waals surface area contributed by atoms with Gasteiger partial charge in [-0.1, -0.05) is 33.6 Å². The van der Waals surface area contributed by atoms with E-state index in [0.717, 1.165) is 31.8 Å². The van der Waals surface area contributed by atoms with E-state index < -0.39 is 0 Å². The molecule has 0 aliphatic carbocycles. The highest BCUT2D eigenvalue weighted by Crippen LogP contribution is 2.21. The topological polar surface area (TPSA) is 20.3 Å². The normalized spacial score (nSPS) is 19.8. The lowest BCUT2D eigenvalue weighted by atomic mass is 9.94. The van der Waals surface area contributed by atoms with Crippen LogP contribution in [0.1, 0.15) is 59.3 Å². The Morgan fingerprint density at radius 1 is 1.31 bits per heavy atom. The van der Waals surface area contributed by atoms with Crippen molar-refractivity contribution >= 4 is 5.91 Å². The van der Waals surface area contributed by atoms with Gasteiger partial charge in [-0.25, -0.2) is 0 Å². The van der Waals surface area contributed by atoms with Crippen molar-refractivity contribution < 1.29 is 4.79 Å². The Labute approximate surface area is 100 Å². The number of hydrogen-bond donors (Lipinski definition) is 0. The number of unbranched alkanes of at least 4 members (excludes halogenated alkanes) is 1. The number of amides is 1. The molecule has 1 unspecified atom stereocenters. The zero-order chi connectivity index (χ0) is 12.0. The number of hydrogen-bond acceptors (Lipinski definition) is 1. The zero-order valence-corrected chi connectivity index (χ0v) is 11.2. The molecule has 1 saturated heterocycles. The van der Waals surface area contributed by atoms with Gasteiger partial charge in [-0.15, -0.1) is 0 Å². The predicted octanol–water partition coefficient (Wildman–Crippen LogP) is 3.46. The average Bonchev–Trinajstić information content (AvgIpc) is 2.30. The smallest absolute Gasteiger partial charge is 0.225 e. The Bertz CT molecular complexity index is 200. The minimum atomic E-state index is 0.286. The summed E-state index contributed by atoms with van der Waals surface area (Å²) in [6, 6.07) is 0. The van der Waals surface area contributed by atoms with Crippen molar-refractivity contribution in [3.63, 3.8) is 0 Å². The molecule has 1 amide bonds. The Morgan fingerprint density at radius 2 is 1.94 bits per heavy atom. The SMILES string of the molecule is CCCCC(CC)C(=O)N1CCC(C)CC1. The number of likely N-dealkylation sites (tertiary alicyclic amines) is 1. The van der Waals surface area contributed by atoms with E-state index in [4.69, 9.17) is 0 Å². The molecule has 1 fully saturated rings. The number of carbonyl (C=O) groups is 1. The van der Waals surface area contributed by atoms with Crippen molar-refractivity contribution in [1.82, 2.24) is 4.90 Å². The summed E-state index contributed by atoms with van der Waals surface area (Å²) in [6.45, 7) is 8.60. The molecule has 1 atom stereocenters. The third-order valence-electron chi connectivity index (χ3n) is 3.84. The van der Waals surface area contributed by atoms with Crippen molar-refractivity contribution in [3.8, 4) is 0 Å². The summed E-state index contributed by atoms with van der Waals surface area (Å²) in [7, 11) is 0. The first-order chi connectivity index (χ1) is 7.69. The minimum Gasteiger partial charge on any atom is -0.342 e. The number of rotatable bonds is 5. The van der Waals surface area contributed by atoms with Crippen LogP contribution in [0.2, 0.25) is 0 Å². The Balaban J connectivity index is 2.41. The minimum absolute atomic E-state index is 0.286. The lowest BCUT2D eigenvalue weighted by molar-refractivity contribution is -0.137. The highest BCUT2D eigenvalue weighted by atomic mass is 16.2. The molecule has 2 heteroatoms. The molecule has 0 saturated carbocycles. The van der Waals surface area contributed by atoms with Crippen molar-refractivity contribution in [1.29, 1.82) is 0 Å².